The Morgan fingerprint density at radius 2 is 1.92 bits per heavy atom. The van der Waals surface area contributed by atoms with Gasteiger partial charge >= 0.3 is 0 Å². The van der Waals surface area contributed by atoms with E-state index in [1.54, 1.807) is 4.90 Å². The normalized spacial score (nSPS) is 13.5. The van der Waals surface area contributed by atoms with Crippen molar-refractivity contribution in [3.63, 3.8) is 0 Å². The number of rotatable bonds is 6. The van der Waals surface area contributed by atoms with Gasteiger partial charge in [-0.05, 0) is 60.8 Å². The van der Waals surface area contributed by atoms with Crippen LogP contribution in [0.15, 0.2) is 42.5 Å². The van der Waals surface area contributed by atoms with Crippen LogP contribution in [0.4, 0.5) is 11.4 Å². The van der Waals surface area contributed by atoms with Crippen LogP contribution in [0.25, 0.3) is 0 Å². The minimum Gasteiger partial charge on any atom is -0.330 e. The van der Waals surface area contributed by atoms with Crippen LogP contribution in [-0.2, 0) is 22.6 Å². The Kier molecular flexibility index (Phi) is 5.91. The molecule has 0 saturated heterocycles. The summed E-state index contributed by atoms with van der Waals surface area (Å²) in [5.41, 5.74) is 9.18. The zero-order chi connectivity index (χ0) is 18.5. The molecule has 3 rings (SSSR count). The number of carbonyl (C=O) groups is 2. The summed E-state index contributed by atoms with van der Waals surface area (Å²) in [5, 5.41) is 3.57. The van der Waals surface area contributed by atoms with Crippen LogP contribution in [-0.4, -0.2) is 18.4 Å². The minimum absolute atomic E-state index is 0.0414. The van der Waals surface area contributed by atoms with Gasteiger partial charge in [0, 0.05) is 29.2 Å². The van der Waals surface area contributed by atoms with E-state index in [1.165, 1.54) is 0 Å². The topological polar surface area (TPSA) is 75.4 Å². The molecule has 1 aliphatic rings. The smallest absolute Gasteiger partial charge is 0.227 e. The molecule has 0 spiro atoms. The molecular weight excluding hydrogens is 350 g/mol. The molecule has 2 aromatic rings. The molecule has 0 atom stereocenters. The predicted octanol–water partition coefficient (Wildman–Crippen LogP) is 3.50. The van der Waals surface area contributed by atoms with Crippen molar-refractivity contribution in [3.8, 4) is 0 Å². The molecular formula is C20H22ClN3O2. The number of hydrogen-bond donors (Lipinski definition) is 2. The Morgan fingerprint density at radius 1 is 1.15 bits per heavy atom. The zero-order valence-corrected chi connectivity index (χ0v) is 15.3. The Hall–Kier alpha value is -2.37. The van der Waals surface area contributed by atoms with Crippen molar-refractivity contribution in [3.05, 3.63) is 58.6 Å². The highest BCUT2D eigenvalue weighted by atomic mass is 35.5. The van der Waals surface area contributed by atoms with E-state index in [2.05, 4.69) is 5.32 Å². The number of nitrogens with zero attached hydrogens (tertiary/aromatic N) is 1. The van der Waals surface area contributed by atoms with Gasteiger partial charge in [0.05, 0.1) is 6.54 Å². The molecule has 6 heteroatoms. The van der Waals surface area contributed by atoms with Crippen molar-refractivity contribution in [2.24, 2.45) is 5.73 Å². The maximum atomic E-state index is 12.4. The van der Waals surface area contributed by atoms with Gasteiger partial charge in [-0.3, -0.25) is 9.59 Å². The number of anilines is 2. The number of halogens is 1. The van der Waals surface area contributed by atoms with Crippen LogP contribution in [0.3, 0.4) is 0 Å². The molecule has 5 nitrogen and oxygen atoms in total. The minimum atomic E-state index is -0.0414. The van der Waals surface area contributed by atoms with Crippen molar-refractivity contribution in [2.45, 2.75) is 32.2 Å². The summed E-state index contributed by atoms with van der Waals surface area (Å²) in [7, 11) is 0. The van der Waals surface area contributed by atoms with Crippen LogP contribution >= 0.6 is 11.6 Å². The van der Waals surface area contributed by atoms with Crippen LogP contribution in [0.5, 0.6) is 0 Å². The lowest BCUT2D eigenvalue weighted by Crippen LogP contribution is -2.34. The van der Waals surface area contributed by atoms with Gasteiger partial charge in [-0.1, -0.05) is 23.7 Å². The Balaban J connectivity index is 1.77. The molecule has 0 radical (unpaired) electrons. The first-order valence-corrected chi connectivity index (χ1v) is 9.12. The number of amides is 2. The van der Waals surface area contributed by atoms with E-state index in [0.29, 0.717) is 43.8 Å². The lowest BCUT2D eigenvalue weighted by atomic mass is 9.99. The number of fused-ring (bicyclic) bond motifs is 1. The van der Waals surface area contributed by atoms with Crippen molar-refractivity contribution < 1.29 is 9.59 Å². The van der Waals surface area contributed by atoms with E-state index in [9.17, 15) is 9.59 Å². The Labute approximate surface area is 158 Å². The third-order valence-corrected chi connectivity index (χ3v) is 4.68. The van der Waals surface area contributed by atoms with Gasteiger partial charge in [-0.25, -0.2) is 0 Å². The summed E-state index contributed by atoms with van der Waals surface area (Å²) < 4.78 is 0. The average molecular weight is 372 g/mol. The molecule has 0 saturated carbocycles. The fraction of sp³-hybridized carbons (Fsp3) is 0.300. The van der Waals surface area contributed by atoms with E-state index < -0.39 is 0 Å². The number of aryl methyl sites for hydroxylation is 1. The molecule has 0 fully saturated rings. The van der Waals surface area contributed by atoms with Gasteiger partial charge in [0.15, 0.2) is 0 Å². The maximum absolute atomic E-state index is 12.4. The highest BCUT2D eigenvalue weighted by Crippen LogP contribution is 2.31. The molecule has 0 unspecified atom stereocenters. The second-order valence-electron chi connectivity index (χ2n) is 6.39. The SMILES string of the molecule is NCCCC(=O)Nc1ccc2c(c1)CCC(=O)N2Cc1ccc(Cl)cc1. The van der Waals surface area contributed by atoms with Crippen LogP contribution in [0, 0.1) is 0 Å². The first kappa shape index (κ1) is 18.4. The largest absolute Gasteiger partial charge is 0.330 e. The van der Waals surface area contributed by atoms with E-state index in [0.717, 1.165) is 22.5 Å². The molecule has 26 heavy (non-hydrogen) atoms. The van der Waals surface area contributed by atoms with E-state index in [4.69, 9.17) is 17.3 Å². The third-order valence-electron chi connectivity index (χ3n) is 4.43. The summed E-state index contributed by atoms with van der Waals surface area (Å²) in [6.07, 6.45) is 2.22. The quantitative estimate of drug-likeness (QED) is 0.816. The Morgan fingerprint density at radius 3 is 2.65 bits per heavy atom. The monoisotopic (exact) mass is 371 g/mol. The number of hydrogen-bond acceptors (Lipinski definition) is 3. The van der Waals surface area contributed by atoms with Gasteiger partial charge in [0.2, 0.25) is 11.8 Å². The molecule has 136 valence electrons. The second kappa shape index (κ2) is 8.34. The van der Waals surface area contributed by atoms with Gasteiger partial charge in [0.1, 0.15) is 0 Å². The molecule has 3 N–H and O–H groups in total. The van der Waals surface area contributed by atoms with Gasteiger partial charge in [0.25, 0.3) is 0 Å². The summed E-state index contributed by atoms with van der Waals surface area (Å²) in [4.78, 5) is 26.1. The standard InChI is InChI=1S/C20H22ClN3O2/c21-16-6-3-14(4-7-16)13-24-18-9-8-17(23-19(25)2-1-11-22)12-15(18)5-10-20(24)26/h3-4,6-9,12H,1-2,5,10-11,13,22H2,(H,23,25). The fourth-order valence-corrected chi connectivity index (χ4v) is 3.20. The summed E-state index contributed by atoms with van der Waals surface area (Å²) in [6, 6.07) is 13.2. The molecule has 1 heterocycles. The van der Waals surface area contributed by atoms with Crippen molar-refractivity contribution >= 4 is 34.8 Å². The molecule has 2 aromatic carbocycles. The number of benzene rings is 2. The fourth-order valence-electron chi connectivity index (χ4n) is 3.07. The highest BCUT2D eigenvalue weighted by molar-refractivity contribution is 6.30. The van der Waals surface area contributed by atoms with Crippen LogP contribution < -0.4 is 16.0 Å². The third kappa shape index (κ3) is 4.42. The summed E-state index contributed by atoms with van der Waals surface area (Å²) in [6.45, 7) is 1.00. The molecule has 2 amide bonds. The lowest BCUT2D eigenvalue weighted by Gasteiger charge is -2.30. The van der Waals surface area contributed by atoms with Crippen molar-refractivity contribution in [1.29, 1.82) is 0 Å². The zero-order valence-electron chi connectivity index (χ0n) is 14.5. The predicted molar refractivity (Wildman–Crippen MR) is 104 cm³/mol. The highest BCUT2D eigenvalue weighted by Gasteiger charge is 2.24. The van der Waals surface area contributed by atoms with Gasteiger partial charge < -0.3 is 16.0 Å². The van der Waals surface area contributed by atoms with E-state index in [-0.39, 0.29) is 11.8 Å². The summed E-state index contributed by atoms with van der Waals surface area (Å²) in [5.74, 6) is 0.0625. The van der Waals surface area contributed by atoms with Gasteiger partial charge in [-0.15, -0.1) is 0 Å². The van der Waals surface area contributed by atoms with Crippen molar-refractivity contribution in [2.75, 3.05) is 16.8 Å². The van der Waals surface area contributed by atoms with E-state index >= 15 is 0 Å². The number of nitrogens with two attached hydrogens (primary N) is 1. The van der Waals surface area contributed by atoms with Crippen molar-refractivity contribution in [1.82, 2.24) is 0 Å². The molecule has 0 aliphatic carbocycles. The average Bonchev–Trinajstić information content (AvgIpc) is 2.64. The first-order valence-electron chi connectivity index (χ1n) is 8.74. The second-order valence-corrected chi connectivity index (χ2v) is 6.83. The molecule has 1 aliphatic heterocycles. The maximum Gasteiger partial charge on any atom is 0.227 e. The number of nitrogens with one attached hydrogen (secondary N) is 1. The van der Waals surface area contributed by atoms with E-state index in [1.807, 2.05) is 42.5 Å². The first-order chi connectivity index (χ1) is 12.6. The Bertz CT molecular complexity index is 805. The lowest BCUT2D eigenvalue weighted by molar-refractivity contribution is -0.119. The molecule has 0 bridgehead atoms. The van der Waals surface area contributed by atoms with Gasteiger partial charge in [-0.2, -0.15) is 0 Å². The number of carbonyl (C=O) groups excluding carboxylic acids is 2. The van der Waals surface area contributed by atoms with Crippen LogP contribution in [0.1, 0.15) is 30.4 Å². The molecule has 0 aromatic heterocycles. The summed E-state index contributed by atoms with van der Waals surface area (Å²) >= 11 is 5.93. The van der Waals surface area contributed by atoms with Crippen LogP contribution in [0.2, 0.25) is 5.02 Å².